The maximum atomic E-state index is 13.2. The van der Waals surface area contributed by atoms with Gasteiger partial charge in [-0.3, -0.25) is 4.79 Å². The van der Waals surface area contributed by atoms with Gasteiger partial charge in [0.25, 0.3) is 5.56 Å². The van der Waals surface area contributed by atoms with Gasteiger partial charge in [-0.25, -0.2) is 8.42 Å². The molecule has 0 amide bonds. The lowest BCUT2D eigenvalue weighted by Gasteiger charge is -2.23. The van der Waals surface area contributed by atoms with Gasteiger partial charge < -0.3 is 4.90 Å². The Balaban J connectivity index is 1.53. The molecule has 1 aliphatic rings. The van der Waals surface area contributed by atoms with Crippen molar-refractivity contribution in [2.24, 2.45) is 0 Å². The zero-order valence-corrected chi connectivity index (χ0v) is 19.2. The molecule has 1 aliphatic heterocycles. The summed E-state index contributed by atoms with van der Waals surface area (Å²) in [6, 6.07) is 19.7. The van der Waals surface area contributed by atoms with Crippen molar-refractivity contribution in [2.75, 3.05) is 31.1 Å². The van der Waals surface area contributed by atoms with E-state index in [1.807, 2.05) is 47.4 Å². The summed E-state index contributed by atoms with van der Waals surface area (Å²) in [5.74, 6) is 1.01. The van der Waals surface area contributed by atoms with E-state index in [1.54, 1.807) is 22.5 Å². The maximum Gasteiger partial charge on any atom is 0.271 e. The molecule has 0 saturated carbocycles. The summed E-state index contributed by atoms with van der Waals surface area (Å²) in [6.07, 6.45) is 0.676. The second-order valence-corrected chi connectivity index (χ2v) is 10.2. The Hall–Kier alpha value is -2.97. The van der Waals surface area contributed by atoms with E-state index in [-0.39, 0.29) is 5.56 Å². The summed E-state index contributed by atoms with van der Waals surface area (Å²) in [5.41, 5.74) is 1.61. The van der Waals surface area contributed by atoms with Crippen LogP contribution in [0.4, 0.5) is 5.82 Å². The lowest BCUT2D eigenvalue weighted by molar-refractivity contribution is 0.433. The van der Waals surface area contributed by atoms with Crippen LogP contribution in [-0.4, -0.2) is 48.7 Å². The van der Waals surface area contributed by atoms with Gasteiger partial charge in [0.2, 0.25) is 10.0 Å². The fraction of sp³-hybridized carbons (Fsp3) is 0.333. The molecule has 32 heavy (non-hydrogen) atoms. The molecule has 0 atom stereocenters. The van der Waals surface area contributed by atoms with Gasteiger partial charge in [0.15, 0.2) is 0 Å². The zero-order valence-electron chi connectivity index (χ0n) is 18.4. The third kappa shape index (κ3) is 4.61. The Labute approximate surface area is 189 Å². The molecular formula is C24H28N4O3S. The molecule has 0 radical (unpaired) electrons. The normalized spacial score (nSPS) is 15.7. The van der Waals surface area contributed by atoms with Gasteiger partial charge in [-0.1, -0.05) is 44.2 Å². The monoisotopic (exact) mass is 452 g/mol. The number of sulfonamides is 1. The standard InChI is InChI=1S/C24H28N4O3S/c1-19(2)20-9-11-22(12-10-20)32(30,31)27-16-6-15-26(17-18-27)23-13-14-24(29)28(25-23)21-7-4-3-5-8-21/h3-5,7-14,19H,6,15-18H2,1-2H3. The average molecular weight is 453 g/mol. The Bertz CT molecular complexity index is 1220. The molecule has 2 aromatic carbocycles. The molecule has 4 rings (SSSR count). The summed E-state index contributed by atoms with van der Waals surface area (Å²) in [4.78, 5) is 14.7. The first-order valence-electron chi connectivity index (χ1n) is 10.9. The van der Waals surface area contributed by atoms with Crippen molar-refractivity contribution < 1.29 is 8.42 Å². The van der Waals surface area contributed by atoms with Gasteiger partial charge in [-0.2, -0.15) is 8.99 Å². The van der Waals surface area contributed by atoms with Crippen LogP contribution in [0.15, 0.2) is 76.4 Å². The van der Waals surface area contributed by atoms with Crippen molar-refractivity contribution in [3.63, 3.8) is 0 Å². The zero-order chi connectivity index (χ0) is 22.7. The van der Waals surface area contributed by atoms with Crippen LogP contribution in [0.1, 0.15) is 31.7 Å². The van der Waals surface area contributed by atoms with E-state index in [9.17, 15) is 13.2 Å². The van der Waals surface area contributed by atoms with Gasteiger partial charge in [0.05, 0.1) is 10.6 Å². The fourth-order valence-electron chi connectivity index (χ4n) is 3.86. The van der Waals surface area contributed by atoms with Crippen LogP contribution in [0, 0.1) is 0 Å². The molecule has 0 unspecified atom stereocenters. The van der Waals surface area contributed by atoms with Crippen LogP contribution in [0.5, 0.6) is 0 Å². The molecule has 1 aromatic heterocycles. The third-order valence-corrected chi connectivity index (χ3v) is 7.66. The lowest BCUT2D eigenvalue weighted by atomic mass is 10.0. The quantitative estimate of drug-likeness (QED) is 0.594. The summed E-state index contributed by atoms with van der Waals surface area (Å²) >= 11 is 0. The van der Waals surface area contributed by atoms with Crippen LogP contribution in [0.2, 0.25) is 0 Å². The Morgan fingerprint density at radius 2 is 1.56 bits per heavy atom. The highest BCUT2D eigenvalue weighted by atomic mass is 32.2. The number of rotatable bonds is 5. The highest BCUT2D eigenvalue weighted by molar-refractivity contribution is 7.89. The van der Waals surface area contributed by atoms with Gasteiger partial charge in [-0.15, -0.1) is 5.10 Å². The minimum atomic E-state index is -3.56. The summed E-state index contributed by atoms with van der Waals surface area (Å²) < 4.78 is 29.3. The largest absolute Gasteiger partial charge is 0.354 e. The molecule has 0 aliphatic carbocycles. The molecule has 0 spiro atoms. The van der Waals surface area contributed by atoms with Crippen molar-refractivity contribution in [3.8, 4) is 5.69 Å². The average Bonchev–Trinajstić information content (AvgIpc) is 3.07. The van der Waals surface area contributed by atoms with Gasteiger partial charge >= 0.3 is 0 Å². The molecule has 1 fully saturated rings. The molecular weight excluding hydrogens is 424 g/mol. The molecule has 8 heteroatoms. The van der Waals surface area contributed by atoms with E-state index < -0.39 is 10.0 Å². The first-order valence-corrected chi connectivity index (χ1v) is 12.3. The highest BCUT2D eigenvalue weighted by Crippen LogP contribution is 2.22. The molecule has 3 aromatic rings. The lowest BCUT2D eigenvalue weighted by Crippen LogP contribution is -2.36. The fourth-order valence-corrected chi connectivity index (χ4v) is 5.33. The van der Waals surface area contributed by atoms with Crippen molar-refractivity contribution in [1.29, 1.82) is 0 Å². The van der Waals surface area contributed by atoms with Crippen molar-refractivity contribution >= 4 is 15.8 Å². The van der Waals surface area contributed by atoms with E-state index in [0.29, 0.717) is 54.9 Å². The highest BCUT2D eigenvalue weighted by Gasteiger charge is 2.27. The SMILES string of the molecule is CC(C)c1ccc(S(=O)(=O)N2CCCN(c3ccc(=O)n(-c4ccccc4)n3)CC2)cc1. The Morgan fingerprint density at radius 1 is 0.844 bits per heavy atom. The third-order valence-electron chi connectivity index (χ3n) is 5.75. The molecule has 1 saturated heterocycles. The molecule has 0 bridgehead atoms. The topological polar surface area (TPSA) is 75.5 Å². The summed E-state index contributed by atoms with van der Waals surface area (Å²) in [7, 11) is -3.56. The van der Waals surface area contributed by atoms with Crippen molar-refractivity contribution in [1.82, 2.24) is 14.1 Å². The number of hydrogen-bond donors (Lipinski definition) is 0. The maximum absolute atomic E-state index is 13.2. The Morgan fingerprint density at radius 3 is 2.25 bits per heavy atom. The van der Waals surface area contributed by atoms with E-state index in [1.165, 1.54) is 10.7 Å². The van der Waals surface area contributed by atoms with Crippen LogP contribution < -0.4 is 10.5 Å². The number of aromatic nitrogens is 2. The first kappa shape index (κ1) is 22.2. The minimum Gasteiger partial charge on any atom is -0.354 e. The van der Waals surface area contributed by atoms with Crippen molar-refractivity contribution in [3.05, 3.63) is 82.6 Å². The second kappa shape index (κ2) is 9.26. The molecule has 0 N–H and O–H groups in total. The van der Waals surface area contributed by atoms with Crippen LogP contribution >= 0.6 is 0 Å². The van der Waals surface area contributed by atoms with Gasteiger partial charge in [0.1, 0.15) is 5.82 Å². The number of para-hydroxylation sites is 1. The molecule has 168 valence electrons. The first-order chi connectivity index (χ1) is 15.4. The van der Waals surface area contributed by atoms with Crippen molar-refractivity contribution in [2.45, 2.75) is 31.1 Å². The predicted octanol–water partition coefficient (Wildman–Crippen LogP) is 3.26. The molecule has 7 nitrogen and oxygen atoms in total. The van der Waals surface area contributed by atoms with Gasteiger partial charge in [0, 0.05) is 32.2 Å². The van der Waals surface area contributed by atoms with Crippen LogP contribution in [0.3, 0.4) is 0 Å². The second-order valence-electron chi connectivity index (χ2n) is 8.25. The number of benzene rings is 2. The number of hydrogen-bond acceptors (Lipinski definition) is 5. The summed E-state index contributed by atoms with van der Waals surface area (Å²) in [5, 5.41) is 4.54. The van der Waals surface area contributed by atoms with E-state index >= 15 is 0 Å². The van der Waals surface area contributed by atoms with Crippen LogP contribution in [0.25, 0.3) is 5.69 Å². The number of anilines is 1. The van der Waals surface area contributed by atoms with E-state index in [0.717, 1.165) is 5.56 Å². The van der Waals surface area contributed by atoms with E-state index in [2.05, 4.69) is 18.9 Å². The molecule has 2 heterocycles. The summed E-state index contributed by atoms with van der Waals surface area (Å²) in [6.45, 7) is 6.15. The predicted molar refractivity (Wildman–Crippen MR) is 126 cm³/mol. The van der Waals surface area contributed by atoms with Crippen LogP contribution in [-0.2, 0) is 10.0 Å². The Kier molecular flexibility index (Phi) is 6.43. The van der Waals surface area contributed by atoms with Gasteiger partial charge in [-0.05, 0) is 48.2 Å². The minimum absolute atomic E-state index is 0.205. The number of nitrogens with zero attached hydrogens (tertiary/aromatic N) is 4. The van der Waals surface area contributed by atoms with E-state index in [4.69, 9.17) is 0 Å². The smallest absolute Gasteiger partial charge is 0.271 e.